The summed E-state index contributed by atoms with van der Waals surface area (Å²) in [6, 6.07) is 0. The molecule has 0 spiro atoms. The smallest absolute Gasteiger partial charge is 0.206 e. The van der Waals surface area contributed by atoms with Crippen molar-refractivity contribution in [3.63, 3.8) is 0 Å². The summed E-state index contributed by atoms with van der Waals surface area (Å²) in [5.74, 6) is -10.5. The van der Waals surface area contributed by atoms with Crippen LogP contribution in [0.3, 0.4) is 0 Å². The fraction of sp³-hybridized carbons (Fsp3) is 0.529. The Morgan fingerprint density at radius 1 is 0.378 bits per heavy atom. The van der Waals surface area contributed by atoms with Crippen molar-refractivity contribution in [2.45, 2.75) is 116 Å². The van der Waals surface area contributed by atoms with E-state index in [0.29, 0.717) is 0 Å². The molecule has 2 aromatic carbocycles. The molecule has 45 heavy (non-hydrogen) atoms. The SMILES string of the molecule is CC(C)[Si](C#Cc1c(F)c(F)c(Bc2c(F)c(F)c(F)c(C#C[Si](C(C)C)(C(C)C)C(C)C)c2F)c(F)c1F)(C(C)C)C(C)C. The molecule has 0 radical (unpaired) electrons. The first-order valence-corrected chi connectivity index (χ1v) is 19.8. The van der Waals surface area contributed by atoms with Crippen molar-refractivity contribution >= 4 is 34.4 Å². The highest BCUT2D eigenvalue weighted by Gasteiger charge is 2.43. The standard InChI is InChI=1S/C34H43BF8Si2/c1-17(2)44(18(3)4,19(5)6)15-13-23-27(36)25(33(42)34(43)30(23)39)35-26-31(40)28(37)24(29(38)32(26)41)14-16-45(20(7)8,21(9)10)22(11)12/h17-22,35H,1-12H3. The normalized spacial score (nSPS) is 12.4. The van der Waals surface area contributed by atoms with Gasteiger partial charge in [-0.15, -0.1) is 11.1 Å². The Bertz CT molecular complexity index is 1480. The highest BCUT2D eigenvalue weighted by Crippen LogP contribution is 2.42. The van der Waals surface area contributed by atoms with Crippen LogP contribution in [-0.4, -0.2) is 23.4 Å². The summed E-state index contributed by atoms with van der Waals surface area (Å²) in [6.45, 7) is 23.3. The summed E-state index contributed by atoms with van der Waals surface area (Å²) >= 11 is 0. The lowest BCUT2D eigenvalue weighted by Gasteiger charge is -2.38. The molecule has 0 aromatic heterocycles. The number of rotatable bonds is 8. The molecule has 2 aromatic rings. The zero-order valence-corrected chi connectivity index (χ0v) is 30.2. The second-order valence-electron chi connectivity index (χ2n) is 13.7. The van der Waals surface area contributed by atoms with Crippen LogP contribution in [0, 0.1) is 69.5 Å². The third-order valence-corrected chi connectivity index (χ3v) is 22.2. The van der Waals surface area contributed by atoms with Crippen LogP contribution in [-0.2, 0) is 0 Å². The lowest BCUT2D eigenvalue weighted by Crippen LogP contribution is -2.43. The molecule has 11 heteroatoms. The van der Waals surface area contributed by atoms with E-state index in [1.807, 2.05) is 83.1 Å². The maximum absolute atomic E-state index is 15.7. The Balaban J connectivity index is 2.84. The fourth-order valence-corrected chi connectivity index (χ4v) is 17.7. The van der Waals surface area contributed by atoms with E-state index in [-0.39, 0.29) is 33.2 Å². The van der Waals surface area contributed by atoms with Gasteiger partial charge in [-0.2, -0.15) is 0 Å². The molecule has 0 atom stereocenters. The molecule has 0 amide bonds. The van der Waals surface area contributed by atoms with Crippen LogP contribution in [0.25, 0.3) is 0 Å². The number of halogens is 8. The molecule has 0 fully saturated rings. The lowest BCUT2D eigenvalue weighted by molar-refractivity contribution is 0.438. The molecule has 0 aliphatic carbocycles. The van der Waals surface area contributed by atoms with Crippen LogP contribution in [0.5, 0.6) is 0 Å². The number of benzene rings is 2. The Labute approximate surface area is 266 Å². The third kappa shape index (κ3) is 6.81. The third-order valence-electron chi connectivity index (χ3n) is 9.60. The lowest BCUT2D eigenvalue weighted by atomic mass is 9.62. The molecular formula is C34H43BF8Si2. The first kappa shape index (κ1) is 38.7. The summed E-state index contributed by atoms with van der Waals surface area (Å²) in [5, 5.41) is 0. The van der Waals surface area contributed by atoms with Gasteiger partial charge in [-0.3, -0.25) is 0 Å². The van der Waals surface area contributed by atoms with Gasteiger partial charge < -0.3 is 0 Å². The molecule has 246 valence electrons. The molecular weight excluding hydrogens is 627 g/mol. The van der Waals surface area contributed by atoms with Crippen LogP contribution < -0.4 is 10.9 Å². The molecule has 0 N–H and O–H groups in total. The largest absolute Gasteiger partial charge is 0.208 e. The first-order chi connectivity index (χ1) is 20.6. The Morgan fingerprint density at radius 3 is 0.933 bits per heavy atom. The van der Waals surface area contributed by atoms with Gasteiger partial charge in [0.1, 0.15) is 27.5 Å². The zero-order valence-electron chi connectivity index (χ0n) is 28.2. The van der Waals surface area contributed by atoms with Gasteiger partial charge in [0.2, 0.25) is 7.28 Å². The maximum atomic E-state index is 15.7. The molecule has 0 aliphatic rings. The molecule has 0 heterocycles. The molecule has 0 nitrogen and oxygen atoms in total. The molecule has 0 saturated heterocycles. The summed E-state index contributed by atoms with van der Waals surface area (Å²) in [7, 11) is -6.61. The van der Waals surface area contributed by atoms with Crippen molar-refractivity contribution in [2.24, 2.45) is 0 Å². The fourth-order valence-electron chi connectivity index (χ4n) is 7.27. The van der Waals surface area contributed by atoms with Gasteiger partial charge in [0.15, 0.2) is 40.7 Å². The van der Waals surface area contributed by atoms with E-state index < -0.39 is 92.0 Å². The molecule has 0 aliphatic heterocycles. The van der Waals surface area contributed by atoms with Crippen molar-refractivity contribution in [1.29, 1.82) is 0 Å². The van der Waals surface area contributed by atoms with Gasteiger partial charge in [-0.25, -0.2) is 35.1 Å². The Hall–Kier alpha value is -2.50. The summed E-state index contributed by atoms with van der Waals surface area (Å²) in [6.07, 6.45) is 0. The second-order valence-corrected chi connectivity index (χ2v) is 24.9. The first-order valence-electron chi connectivity index (χ1n) is 15.4. The van der Waals surface area contributed by atoms with Gasteiger partial charge in [-0.05, 0) is 44.2 Å². The Morgan fingerprint density at radius 2 is 0.622 bits per heavy atom. The average Bonchev–Trinajstić information content (AvgIpc) is 2.93. The van der Waals surface area contributed by atoms with Gasteiger partial charge >= 0.3 is 0 Å². The molecule has 2 rings (SSSR count). The van der Waals surface area contributed by atoms with E-state index in [1.54, 1.807) is 0 Å². The number of hydrogen-bond acceptors (Lipinski definition) is 0. The van der Waals surface area contributed by atoms with Gasteiger partial charge in [0, 0.05) is 0 Å². The van der Waals surface area contributed by atoms with Crippen molar-refractivity contribution in [3.8, 4) is 22.9 Å². The van der Waals surface area contributed by atoms with Crippen LogP contribution in [0.1, 0.15) is 94.2 Å². The van der Waals surface area contributed by atoms with Crippen molar-refractivity contribution < 1.29 is 35.1 Å². The quantitative estimate of drug-likeness (QED) is 0.0864. The minimum atomic E-state index is -2.60. The van der Waals surface area contributed by atoms with Crippen molar-refractivity contribution in [3.05, 3.63) is 57.7 Å². The maximum Gasteiger partial charge on any atom is 0.208 e. The summed E-state index contributed by atoms with van der Waals surface area (Å²) < 4.78 is 121. The minimum Gasteiger partial charge on any atom is -0.206 e. The highest BCUT2D eigenvalue weighted by atomic mass is 28.3. The molecule has 0 saturated carbocycles. The van der Waals surface area contributed by atoms with Crippen LogP contribution in [0.4, 0.5) is 35.1 Å². The Kier molecular flexibility index (Phi) is 12.5. The van der Waals surface area contributed by atoms with E-state index in [4.69, 9.17) is 0 Å². The summed E-state index contributed by atoms with van der Waals surface area (Å²) in [4.78, 5) is 0. The zero-order chi connectivity index (χ0) is 34.9. The van der Waals surface area contributed by atoms with E-state index in [2.05, 4.69) is 22.9 Å². The topological polar surface area (TPSA) is 0 Å². The van der Waals surface area contributed by atoms with Gasteiger partial charge in [-0.1, -0.05) is 94.9 Å². The summed E-state index contributed by atoms with van der Waals surface area (Å²) in [5.41, 5.74) is 1.33. The van der Waals surface area contributed by atoms with E-state index in [9.17, 15) is 13.2 Å². The van der Waals surface area contributed by atoms with Crippen LogP contribution in [0.2, 0.25) is 33.2 Å². The monoisotopic (exact) mass is 670 g/mol. The predicted octanol–water partition coefficient (Wildman–Crippen LogP) is 9.33. The van der Waals surface area contributed by atoms with Crippen LogP contribution >= 0.6 is 0 Å². The predicted molar refractivity (Wildman–Crippen MR) is 175 cm³/mol. The van der Waals surface area contributed by atoms with Crippen molar-refractivity contribution in [1.82, 2.24) is 0 Å². The number of hydrogen-bond donors (Lipinski definition) is 0. The van der Waals surface area contributed by atoms with Crippen LogP contribution in [0.15, 0.2) is 0 Å². The van der Waals surface area contributed by atoms with Gasteiger partial charge in [0.25, 0.3) is 0 Å². The van der Waals surface area contributed by atoms with Crippen molar-refractivity contribution in [2.75, 3.05) is 0 Å². The van der Waals surface area contributed by atoms with E-state index in [0.717, 1.165) is 0 Å². The second kappa shape index (κ2) is 14.5. The highest BCUT2D eigenvalue weighted by molar-refractivity contribution is 6.91. The van der Waals surface area contributed by atoms with Gasteiger partial charge in [0.05, 0.1) is 5.56 Å². The average molecular weight is 671 g/mol. The molecule has 0 bridgehead atoms. The molecule has 0 unspecified atom stereocenters. The van der Waals surface area contributed by atoms with E-state index >= 15 is 22.0 Å². The van der Waals surface area contributed by atoms with E-state index in [1.165, 1.54) is 0 Å². The minimum absolute atomic E-state index is 0.0334.